The van der Waals surface area contributed by atoms with Crippen LogP contribution >= 0.6 is 11.3 Å². The number of anilines is 1. The maximum absolute atomic E-state index is 11.6. The number of aromatic nitrogens is 3. The SMILES string of the molecule is O=C(Nc1nnc(C2CC2)o1)c1cscn1. The lowest BCUT2D eigenvalue weighted by Crippen LogP contribution is -2.12. The first kappa shape index (κ1) is 9.46. The minimum absolute atomic E-state index is 0.139. The molecule has 0 spiro atoms. The zero-order valence-electron chi connectivity index (χ0n) is 8.21. The van der Waals surface area contributed by atoms with Gasteiger partial charge in [0.1, 0.15) is 5.69 Å². The van der Waals surface area contributed by atoms with Crippen LogP contribution in [0.2, 0.25) is 0 Å². The van der Waals surface area contributed by atoms with Gasteiger partial charge in [-0.3, -0.25) is 10.1 Å². The van der Waals surface area contributed by atoms with Crippen molar-refractivity contribution in [1.29, 1.82) is 0 Å². The summed E-state index contributed by atoms with van der Waals surface area (Å²) in [5, 5.41) is 11.8. The van der Waals surface area contributed by atoms with E-state index in [9.17, 15) is 4.79 Å². The average Bonchev–Trinajstić information content (AvgIpc) is 2.82. The Bertz CT molecular complexity index is 503. The molecule has 6 nitrogen and oxygen atoms in total. The molecule has 82 valence electrons. The Balaban J connectivity index is 1.71. The Morgan fingerprint density at radius 3 is 3.06 bits per heavy atom. The van der Waals surface area contributed by atoms with Crippen molar-refractivity contribution in [3.05, 3.63) is 22.5 Å². The number of carbonyl (C=O) groups is 1. The van der Waals surface area contributed by atoms with E-state index in [4.69, 9.17) is 4.42 Å². The highest BCUT2D eigenvalue weighted by atomic mass is 32.1. The fourth-order valence-corrected chi connectivity index (χ4v) is 1.80. The van der Waals surface area contributed by atoms with Crippen LogP contribution in [0, 0.1) is 0 Å². The number of thiazole rings is 1. The van der Waals surface area contributed by atoms with Crippen molar-refractivity contribution in [3.8, 4) is 0 Å². The molecule has 0 unspecified atom stereocenters. The van der Waals surface area contributed by atoms with E-state index in [0.29, 0.717) is 17.5 Å². The normalized spacial score (nSPS) is 15.0. The number of rotatable bonds is 3. The number of hydrogen-bond acceptors (Lipinski definition) is 6. The molecule has 1 aliphatic carbocycles. The molecule has 1 saturated carbocycles. The maximum atomic E-state index is 11.6. The standard InChI is InChI=1S/C9H8N4O2S/c14-7(6-3-16-4-10-6)11-9-13-12-8(15-9)5-1-2-5/h3-5H,1-2H2,(H,11,13,14). The second kappa shape index (κ2) is 3.67. The van der Waals surface area contributed by atoms with E-state index in [1.54, 1.807) is 10.9 Å². The Hall–Kier alpha value is -1.76. The molecule has 2 aromatic heterocycles. The van der Waals surface area contributed by atoms with Crippen LogP contribution in [-0.4, -0.2) is 21.1 Å². The van der Waals surface area contributed by atoms with Crippen molar-refractivity contribution < 1.29 is 9.21 Å². The fraction of sp³-hybridized carbons (Fsp3) is 0.333. The minimum Gasteiger partial charge on any atom is -0.408 e. The summed E-state index contributed by atoms with van der Waals surface area (Å²) in [6.07, 6.45) is 2.17. The van der Waals surface area contributed by atoms with Gasteiger partial charge in [0.05, 0.1) is 5.51 Å². The molecular weight excluding hydrogens is 228 g/mol. The molecule has 1 fully saturated rings. The molecule has 0 saturated heterocycles. The van der Waals surface area contributed by atoms with Crippen molar-refractivity contribution in [3.63, 3.8) is 0 Å². The van der Waals surface area contributed by atoms with Crippen LogP contribution in [0.15, 0.2) is 15.3 Å². The van der Waals surface area contributed by atoms with Crippen LogP contribution in [0.25, 0.3) is 0 Å². The third kappa shape index (κ3) is 1.81. The van der Waals surface area contributed by atoms with Crippen molar-refractivity contribution >= 4 is 23.3 Å². The van der Waals surface area contributed by atoms with E-state index < -0.39 is 0 Å². The largest absolute Gasteiger partial charge is 0.408 e. The van der Waals surface area contributed by atoms with Crippen LogP contribution in [-0.2, 0) is 0 Å². The van der Waals surface area contributed by atoms with Gasteiger partial charge >= 0.3 is 6.01 Å². The lowest BCUT2D eigenvalue weighted by Gasteiger charge is -1.94. The summed E-state index contributed by atoms with van der Waals surface area (Å²) in [5.41, 5.74) is 1.95. The average molecular weight is 236 g/mol. The molecule has 7 heteroatoms. The van der Waals surface area contributed by atoms with Gasteiger partial charge in [-0.05, 0) is 12.8 Å². The minimum atomic E-state index is -0.327. The van der Waals surface area contributed by atoms with Gasteiger partial charge in [0.2, 0.25) is 5.89 Å². The fourth-order valence-electron chi connectivity index (χ4n) is 1.27. The van der Waals surface area contributed by atoms with Gasteiger partial charge in [0.25, 0.3) is 5.91 Å². The summed E-state index contributed by atoms with van der Waals surface area (Å²) in [4.78, 5) is 15.5. The Morgan fingerprint density at radius 2 is 2.38 bits per heavy atom. The highest BCUT2D eigenvalue weighted by Gasteiger charge is 2.29. The van der Waals surface area contributed by atoms with E-state index in [0.717, 1.165) is 12.8 Å². The third-order valence-electron chi connectivity index (χ3n) is 2.25. The Morgan fingerprint density at radius 1 is 1.50 bits per heavy atom. The summed E-state index contributed by atoms with van der Waals surface area (Å²) in [6, 6.07) is 0.139. The molecule has 0 bridgehead atoms. The zero-order valence-corrected chi connectivity index (χ0v) is 9.03. The topological polar surface area (TPSA) is 80.9 Å². The number of nitrogens with zero attached hydrogens (tertiary/aromatic N) is 3. The predicted octanol–water partition coefficient (Wildman–Crippen LogP) is 1.66. The lowest BCUT2D eigenvalue weighted by atomic mass is 10.4. The van der Waals surface area contributed by atoms with E-state index in [1.807, 2.05) is 0 Å². The number of carbonyl (C=O) groups excluding carboxylic acids is 1. The highest BCUT2D eigenvalue weighted by molar-refractivity contribution is 7.07. The first-order chi connectivity index (χ1) is 7.83. The Labute approximate surface area is 94.7 Å². The summed E-state index contributed by atoms with van der Waals surface area (Å²) in [7, 11) is 0. The molecule has 1 aliphatic rings. The molecule has 2 aromatic rings. The van der Waals surface area contributed by atoms with Crippen LogP contribution < -0.4 is 5.32 Å². The first-order valence-corrected chi connectivity index (χ1v) is 5.80. The quantitative estimate of drug-likeness (QED) is 0.876. The van der Waals surface area contributed by atoms with Crippen LogP contribution in [0.3, 0.4) is 0 Å². The molecule has 1 amide bonds. The predicted molar refractivity (Wildman–Crippen MR) is 56.3 cm³/mol. The molecule has 1 N–H and O–H groups in total. The zero-order chi connectivity index (χ0) is 11.0. The van der Waals surface area contributed by atoms with Gasteiger partial charge in [-0.2, -0.15) is 0 Å². The Kier molecular flexibility index (Phi) is 2.17. The summed E-state index contributed by atoms with van der Waals surface area (Å²) in [5.74, 6) is 0.665. The van der Waals surface area contributed by atoms with Gasteiger partial charge in [0, 0.05) is 11.3 Å². The number of amides is 1. The smallest absolute Gasteiger partial charge is 0.322 e. The molecule has 0 aromatic carbocycles. The molecule has 16 heavy (non-hydrogen) atoms. The second-order valence-electron chi connectivity index (χ2n) is 3.55. The van der Waals surface area contributed by atoms with Gasteiger partial charge < -0.3 is 4.42 Å². The maximum Gasteiger partial charge on any atom is 0.322 e. The van der Waals surface area contributed by atoms with Gasteiger partial charge in [0.15, 0.2) is 0 Å². The van der Waals surface area contributed by atoms with Crippen molar-refractivity contribution in [2.45, 2.75) is 18.8 Å². The van der Waals surface area contributed by atoms with Crippen molar-refractivity contribution in [2.24, 2.45) is 0 Å². The van der Waals surface area contributed by atoms with E-state index in [1.165, 1.54) is 11.3 Å². The third-order valence-corrected chi connectivity index (χ3v) is 2.84. The molecule has 3 rings (SSSR count). The van der Waals surface area contributed by atoms with Crippen LogP contribution in [0.5, 0.6) is 0 Å². The van der Waals surface area contributed by atoms with Crippen LogP contribution in [0.1, 0.15) is 35.1 Å². The highest BCUT2D eigenvalue weighted by Crippen LogP contribution is 2.39. The number of nitrogens with one attached hydrogen (secondary N) is 1. The summed E-state index contributed by atoms with van der Waals surface area (Å²) in [6.45, 7) is 0. The number of hydrogen-bond donors (Lipinski definition) is 1. The first-order valence-electron chi connectivity index (χ1n) is 4.86. The van der Waals surface area contributed by atoms with E-state index in [2.05, 4.69) is 20.5 Å². The van der Waals surface area contributed by atoms with Gasteiger partial charge in [-0.1, -0.05) is 5.10 Å². The molecule has 2 heterocycles. The summed E-state index contributed by atoms with van der Waals surface area (Å²) >= 11 is 1.36. The second-order valence-corrected chi connectivity index (χ2v) is 4.27. The lowest BCUT2D eigenvalue weighted by molar-refractivity contribution is 0.102. The molecule has 0 atom stereocenters. The monoisotopic (exact) mass is 236 g/mol. The van der Waals surface area contributed by atoms with Gasteiger partial charge in [-0.15, -0.1) is 16.4 Å². The van der Waals surface area contributed by atoms with E-state index >= 15 is 0 Å². The molecule has 0 radical (unpaired) electrons. The van der Waals surface area contributed by atoms with Crippen LogP contribution in [0.4, 0.5) is 6.01 Å². The summed E-state index contributed by atoms with van der Waals surface area (Å²) < 4.78 is 5.30. The van der Waals surface area contributed by atoms with Gasteiger partial charge in [-0.25, -0.2) is 4.98 Å². The molecule has 0 aliphatic heterocycles. The van der Waals surface area contributed by atoms with Crippen molar-refractivity contribution in [1.82, 2.24) is 15.2 Å². The van der Waals surface area contributed by atoms with Crippen molar-refractivity contribution in [2.75, 3.05) is 5.32 Å². The van der Waals surface area contributed by atoms with E-state index in [-0.39, 0.29) is 11.9 Å². The molecular formula is C9H8N4O2S.